The number of benzene rings is 1. The van der Waals surface area contributed by atoms with Gasteiger partial charge in [-0.15, -0.1) is 0 Å². The summed E-state index contributed by atoms with van der Waals surface area (Å²) in [7, 11) is 0. The number of carbonyl (C=O) groups excluding carboxylic acids is 1. The van der Waals surface area contributed by atoms with Crippen molar-refractivity contribution in [3.05, 3.63) is 65.7 Å². The number of nitrogens with zero attached hydrogens (tertiary/aromatic N) is 1. The van der Waals surface area contributed by atoms with Crippen molar-refractivity contribution < 1.29 is 23.5 Å². The Labute approximate surface area is 143 Å². The predicted molar refractivity (Wildman–Crippen MR) is 87.6 cm³/mol. The van der Waals surface area contributed by atoms with Crippen molar-refractivity contribution in [2.24, 2.45) is 0 Å². The van der Waals surface area contributed by atoms with E-state index in [1.54, 1.807) is 49.4 Å². The van der Waals surface area contributed by atoms with E-state index in [-0.39, 0.29) is 12.3 Å². The molecule has 2 aromatic heterocycles. The third kappa shape index (κ3) is 3.77. The first-order valence-electron chi connectivity index (χ1n) is 7.62. The zero-order valence-corrected chi connectivity index (χ0v) is 13.4. The lowest BCUT2D eigenvalue weighted by molar-refractivity contribution is -0.142. The third-order valence-electron chi connectivity index (χ3n) is 3.64. The summed E-state index contributed by atoms with van der Waals surface area (Å²) >= 11 is 0. The molecular weight excluding hydrogens is 324 g/mol. The highest BCUT2D eigenvalue weighted by atomic mass is 16.4. The highest BCUT2D eigenvalue weighted by molar-refractivity contribution is 5.85. The van der Waals surface area contributed by atoms with Gasteiger partial charge in [-0.25, -0.2) is 9.78 Å². The van der Waals surface area contributed by atoms with Crippen LogP contribution in [0.1, 0.15) is 23.1 Å². The largest absolute Gasteiger partial charge is 0.479 e. The number of aliphatic carboxylic acids is 1. The van der Waals surface area contributed by atoms with Gasteiger partial charge in [0.05, 0.1) is 18.4 Å². The summed E-state index contributed by atoms with van der Waals surface area (Å²) in [5.41, 5.74) is 0.928. The molecule has 25 heavy (non-hydrogen) atoms. The van der Waals surface area contributed by atoms with Crippen LogP contribution in [0.3, 0.4) is 0 Å². The molecule has 7 nitrogen and oxygen atoms in total. The van der Waals surface area contributed by atoms with Gasteiger partial charge in [0.2, 0.25) is 5.91 Å². The highest BCUT2D eigenvalue weighted by Gasteiger charge is 2.23. The Morgan fingerprint density at radius 2 is 1.96 bits per heavy atom. The fraction of sp³-hybridized carbons (Fsp3) is 0.167. The van der Waals surface area contributed by atoms with Gasteiger partial charge in [-0.05, 0) is 24.6 Å². The number of rotatable bonds is 6. The first-order valence-corrected chi connectivity index (χ1v) is 7.62. The molecule has 0 aliphatic heterocycles. The van der Waals surface area contributed by atoms with E-state index in [0.717, 1.165) is 0 Å². The van der Waals surface area contributed by atoms with E-state index in [0.29, 0.717) is 22.8 Å². The van der Waals surface area contributed by atoms with Gasteiger partial charge in [0.25, 0.3) is 5.89 Å². The number of oxazole rings is 1. The Bertz CT molecular complexity index is 868. The molecule has 0 spiro atoms. The molecule has 0 aliphatic rings. The highest BCUT2D eigenvalue weighted by Crippen LogP contribution is 2.22. The number of furan rings is 1. The molecule has 1 atom stereocenters. The van der Waals surface area contributed by atoms with Crippen molar-refractivity contribution in [1.82, 2.24) is 10.3 Å². The van der Waals surface area contributed by atoms with Crippen molar-refractivity contribution in [2.75, 3.05) is 0 Å². The van der Waals surface area contributed by atoms with E-state index < -0.39 is 17.9 Å². The quantitative estimate of drug-likeness (QED) is 0.715. The van der Waals surface area contributed by atoms with Crippen LogP contribution in [0.2, 0.25) is 0 Å². The van der Waals surface area contributed by atoms with Crippen LogP contribution in [0, 0.1) is 6.92 Å². The van der Waals surface area contributed by atoms with Gasteiger partial charge in [-0.1, -0.05) is 30.3 Å². The molecule has 0 saturated heterocycles. The normalized spacial score (nSPS) is 11.9. The number of amides is 1. The van der Waals surface area contributed by atoms with E-state index in [2.05, 4.69) is 10.3 Å². The number of aryl methyl sites for hydroxylation is 1. The molecule has 3 aromatic rings. The number of carboxylic acids is 1. The zero-order valence-electron chi connectivity index (χ0n) is 13.4. The van der Waals surface area contributed by atoms with Gasteiger partial charge >= 0.3 is 5.97 Å². The second-order valence-electron chi connectivity index (χ2n) is 5.43. The number of hydrogen-bond donors (Lipinski definition) is 2. The van der Waals surface area contributed by atoms with Crippen molar-refractivity contribution in [2.45, 2.75) is 19.4 Å². The molecule has 1 amide bonds. The molecule has 2 heterocycles. The van der Waals surface area contributed by atoms with Crippen LogP contribution in [-0.2, 0) is 16.0 Å². The average Bonchev–Trinajstić information content (AvgIpc) is 3.24. The number of nitrogens with one attached hydrogen (secondary N) is 1. The number of carboxylic acid groups (broad SMARTS) is 1. The lowest BCUT2D eigenvalue weighted by Crippen LogP contribution is -2.34. The molecule has 2 N–H and O–H groups in total. The summed E-state index contributed by atoms with van der Waals surface area (Å²) in [5.74, 6) is -0.370. The summed E-state index contributed by atoms with van der Waals surface area (Å²) in [6, 6.07) is 10.8. The van der Waals surface area contributed by atoms with Crippen molar-refractivity contribution in [1.29, 1.82) is 0 Å². The second kappa shape index (κ2) is 7.04. The fourth-order valence-electron chi connectivity index (χ4n) is 2.39. The molecule has 1 aromatic carbocycles. The van der Waals surface area contributed by atoms with Crippen LogP contribution in [0.15, 0.2) is 57.6 Å². The van der Waals surface area contributed by atoms with Crippen molar-refractivity contribution >= 4 is 11.9 Å². The Balaban J connectivity index is 1.73. The van der Waals surface area contributed by atoms with Crippen LogP contribution in [0.4, 0.5) is 0 Å². The maximum atomic E-state index is 12.3. The summed E-state index contributed by atoms with van der Waals surface area (Å²) < 4.78 is 10.7. The Morgan fingerprint density at radius 3 is 2.60 bits per heavy atom. The Hall–Kier alpha value is -3.35. The SMILES string of the molecule is Cc1oc(-c2ccco2)nc1CC(=O)NC(C(=O)O)c1ccccc1. The van der Waals surface area contributed by atoms with E-state index in [1.165, 1.54) is 6.26 Å². The molecular formula is C18H16N2O5. The van der Waals surface area contributed by atoms with Crippen LogP contribution < -0.4 is 5.32 Å². The standard InChI is InChI=1S/C18H16N2O5/c1-11-13(19-17(25-11)14-8-5-9-24-14)10-15(21)20-16(18(22)23)12-6-3-2-4-7-12/h2-9,16H,10H2,1H3,(H,20,21)(H,22,23). The van der Waals surface area contributed by atoms with Gasteiger partial charge in [0, 0.05) is 0 Å². The monoisotopic (exact) mass is 340 g/mol. The zero-order chi connectivity index (χ0) is 17.8. The van der Waals surface area contributed by atoms with Gasteiger partial charge < -0.3 is 19.3 Å². The summed E-state index contributed by atoms with van der Waals surface area (Å²) in [5, 5.41) is 11.9. The molecule has 0 fully saturated rings. The molecule has 0 aliphatic carbocycles. The maximum absolute atomic E-state index is 12.3. The number of carbonyl (C=O) groups is 2. The van der Waals surface area contributed by atoms with Gasteiger partial charge in [0.1, 0.15) is 5.76 Å². The van der Waals surface area contributed by atoms with Crippen molar-refractivity contribution in [3.8, 4) is 11.7 Å². The van der Waals surface area contributed by atoms with E-state index in [4.69, 9.17) is 8.83 Å². The van der Waals surface area contributed by atoms with E-state index in [9.17, 15) is 14.7 Å². The molecule has 128 valence electrons. The first-order chi connectivity index (χ1) is 12.0. The van der Waals surface area contributed by atoms with Gasteiger partial charge in [-0.3, -0.25) is 4.79 Å². The summed E-state index contributed by atoms with van der Waals surface area (Å²) in [6.45, 7) is 1.69. The smallest absolute Gasteiger partial charge is 0.330 e. The minimum Gasteiger partial charge on any atom is -0.479 e. The predicted octanol–water partition coefficient (Wildman–Crippen LogP) is 2.73. The van der Waals surface area contributed by atoms with Gasteiger partial charge in [-0.2, -0.15) is 0 Å². The number of aromatic nitrogens is 1. The maximum Gasteiger partial charge on any atom is 0.330 e. The minimum atomic E-state index is -1.13. The molecule has 0 bridgehead atoms. The van der Waals surface area contributed by atoms with Crippen LogP contribution in [0.5, 0.6) is 0 Å². The van der Waals surface area contributed by atoms with Crippen LogP contribution in [0.25, 0.3) is 11.7 Å². The van der Waals surface area contributed by atoms with Crippen LogP contribution in [-0.4, -0.2) is 22.0 Å². The topological polar surface area (TPSA) is 106 Å². The first kappa shape index (κ1) is 16.5. The minimum absolute atomic E-state index is 0.0906. The fourth-order valence-corrected chi connectivity index (χ4v) is 2.39. The lowest BCUT2D eigenvalue weighted by atomic mass is 10.1. The molecule has 3 rings (SSSR count). The third-order valence-corrected chi connectivity index (χ3v) is 3.64. The Kier molecular flexibility index (Phi) is 4.65. The molecule has 0 saturated carbocycles. The lowest BCUT2D eigenvalue weighted by Gasteiger charge is -2.14. The Morgan fingerprint density at radius 1 is 1.20 bits per heavy atom. The van der Waals surface area contributed by atoms with Gasteiger partial charge in [0.15, 0.2) is 11.8 Å². The summed E-state index contributed by atoms with van der Waals surface area (Å²) in [6.07, 6.45) is 1.41. The van der Waals surface area contributed by atoms with Crippen molar-refractivity contribution in [3.63, 3.8) is 0 Å². The second-order valence-corrected chi connectivity index (χ2v) is 5.43. The van der Waals surface area contributed by atoms with E-state index in [1.807, 2.05) is 0 Å². The molecule has 7 heteroatoms. The summed E-state index contributed by atoms with van der Waals surface area (Å²) in [4.78, 5) is 28.0. The van der Waals surface area contributed by atoms with Crippen LogP contribution >= 0.6 is 0 Å². The number of hydrogen-bond acceptors (Lipinski definition) is 5. The molecule has 1 unspecified atom stereocenters. The average molecular weight is 340 g/mol. The molecule has 0 radical (unpaired) electrons. The van der Waals surface area contributed by atoms with E-state index >= 15 is 0 Å².